The third kappa shape index (κ3) is 3.05. The molecule has 0 aliphatic rings. The van der Waals surface area contributed by atoms with Crippen molar-refractivity contribution >= 4 is 27.8 Å². The summed E-state index contributed by atoms with van der Waals surface area (Å²) in [5.74, 6) is 1.12. The second-order valence-electron chi connectivity index (χ2n) is 7.13. The molecule has 144 valence electrons. The fourth-order valence-electron chi connectivity index (χ4n) is 3.69. The molecule has 2 heterocycles. The van der Waals surface area contributed by atoms with Crippen molar-refractivity contribution in [2.45, 2.75) is 39.3 Å². The van der Waals surface area contributed by atoms with Crippen LogP contribution in [0.2, 0.25) is 0 Å². The molecule has 4 rings (SSSR count). The minimum atomic E-state index is 0.156. The maximum Gasteiger partial charge on any atom is 0.304 e. The van der Waals surface area contributed by atoms with Crippen LogP contribution in [0.25, 0.3) is 21.9 Å². The number of hydrogen-bond acceptors (Lipinski definition) is 4. The molecule has 6 heteroatoms. The number of hydrogen-bond donors (Lipinski definition) is 2. The van der Waals surface area contributed by atoms with E-state index >= 15 is 0 Å². The second kappa shape index (κ2) is 7.48. The van der Waals surface area contributed by atoms with E-state index in [1.54, 1.807) is 6.07 Å². The number of anilines is 1. The molecule has 2 aromatic carbocycles. The topological polar surface area (TPSA) is 96.8 Å². The first kappa shape index (κ1) is 18.3. The van der Waals surface area contributed by atoms with Crippen LogP contribution >= 0.6 is 0 Å². The number of pyridine rings is 1. The van der Waals surface area contributed by atoms with Crippen LogP contribution in [0.4, 0.5) is 5.82 Å². The summed E-state index contributed by atoms with van der Waals surface area (Å²) in [6, 6.07) is 15.9. The minimum Gasteiger partial charge on any atom is -0.710 e. The molecule has 4 N–H and O–H groups in total. The van der Waals surface area contributed by atoms with Crippen LogP contribution in [-0.2, 0) is 19.5 Å². The maximum atomic E-state index is 12.6. The molecule has 6 nitrogen and oxygen atoms in total. The van der Waals surface area contributed by atoms with Crippen molar-refractivity contribution in [3.63, 3.8) is 0 Å². The van der Waals surface area contributed by atoms with Gasteiger partial charge >= 0.3 is 5.82 Å². The molecule has 0 radical (unpaired) electrons. The van der Waals surface area contributed by atoms with Gasteiger partial charge < -0.3 is 15.5 Å². The van der Waals surface area contributed by atoms with E-state index in [9.17, 15) is 5.21 Å². The van der Waals surface area contributed by atoms with Gasteiger partial charge in [-0.05, 0) is 29.7 Å². The number of rotatable bonds is 6. The third-order valence-corrected chi connectivity index (χ3v) is 5.24. The van der Waals surface area contributed by atoms with Crippen LogP contribution in [0.3, 0.4) is 0 Å². The first-order chi connectivity index (χ1) is 13.6. The summed E-state index contributed by atoms with van der Waals surface area (Å²) in [4.78, 5) is 4.79. The number of imidazole rings is 1. The summed E-state index contributed by atoms with van der Waals surface area (Å²) in [5.41, 5.74) is 16.2. The monoisotopic (exact) mass is 375 g/mol. The molecule has 0 saturated heterocycles. The highest BCUT2D eigenvalue weighted by Crippen LogP contribution is 2.29. The fourth-order valence-corrected chi connectivity index (χ4v) is 3.69. The lowest BCUT2D eigenvalue weighted by molar-refractivity contribution is -0.559. The van der Waals surface area contributed by atoms with Crippen molar-refractivity contribution in [1.82, 2.24) is 9.55 Å². The molecular weight excluding hydrogens is 350 g/mol. The van der Waals surface area contributed by atoms with Crippen molar-refractivity contribution in [1.29, 1.82) is 0 Å². The van der Waals surface area contributed by atoms with Gasteiger partial charge in [-0.1, -0.05) is 49.7 Å². The van der Waals surface area contributed by atoms with E-state index in [4.69, 9.17) is 16.5 Å². The standard InChI is InChI=1S/C22H25N5O/c1-2-3-8-19-25-20-21(17-6-4-5-7-18(17)27(28)22(20)24)26(19)14-16-11-9-15(13-23)10-12-16/h4-7,9-12H,2-3,8,13-14,23-24H2,1H3. The predicted octanol–water partition coefficient (Wildman–Crippen LogP) is 3.25. The first-order valence-corrected chi connectivity index (χ1v) is 9.70. The second-order valence-corrected chi connectivity index (χ2v) is 7.13. The largest absolute Gasteiger partial charge is 0.710 e. The predicted molar refractivity (Wildman–Crippen MR) is 113 cm³/mol. The highest BCUT2D eigenvalue weighted by molar-refractivity contribution is 6.04. The number of nitrogens with zero attached hydrogens (tertiary/aromatic N) is 3. The molecule has 0 amide bonds. The highest BCUT2D eigenvalue weighted by atomic mass is 16.5. The molecule has 28 heavy (non-hydrogen) atoms. The third-order valence-electron chi connectivity index (χ3n) is 5.24. The minimum absolute atomic E-state index is 0.156. The zero-order valence-electron chi connectivity index (χ0n) is 16.1. The van der Waals surface area contributed by atoms with Crippen molar-refractivity contribution in [2.75, 3.05) is 5.73 Å². The van der Waals surface area contributed by atoms with Gasteiger partial charge in [-0.15, -0.1) is 0 Å². The Morgan fingerprint density at radius 1 is 1.07 bits per heavy atom. The van der Waals surface area contributed by atoms with Crippen LogP contribution in [0, 0.1) is 5.21 Å². The maximum absolute atomic E-state index is 12.6. The number of nitrogens with two attached hydrogens (primary N) is 2. The molecule has 4 aromatic rings. The number of nitrogen functional groups attached to an aromatic ring is 1. The Morgan fingerprint density at radius 3 is 2.50 bits per heavy atom. The number of aryl methyl sites for hydroxylation is 1. The lowest BCUT2D eigenvalue weighted by Crippen LogP contribution is -2.31. The van der Waals surface area contributed by atoms with Gasteiger partial charge in [0.2, 0.25) is 0 Å². The van der Waals surface area contributed by atoms with Crippen LogP contribution in [0.1, 0.15) is 36.7 Å². The molecule has 0 aliphatic carbocycles. The average Bonchev–Trinajstić information content (AvgIpc) is 3.09. The van der Waals surface area contributed by atoms with Crippen LogP contribution in [-0.4, -0.2) is 9.55 Å². The fraction of sp³-hybridized carbons (Fsp3) is 0.273. The highest BCUT2D eigenvalue weighted by Gasteiger charge is 2.21. The van der Waals surface area contributed by atoms with E-state index in [-0.39, 0.29) is 5.82 Å². The van der Waals surface area contributed by atoms with Crippen molar-refractivity contribution < 1.29 is 4.73 Å². The molecular formula is C22H25N5O. The summed E-state index contributed by atoms with van der Waals surface area (Å²) in [6.07, 6.45) is 2.95. The lowest BCUT2D eigenvalue weighted by atomic mass is 10.1. The Labute approximate surface area is 164 Å². The Kier molecular flexibility index (Phi) is 4.88. The first-order valence-electron chi connectivity index (χ1n) is 9.70. The molecule has 2 aromatic heterocycles. The number of fused-ring (bicyclic) bond motifs is 3. The van der Waals surface area contributed by atoms with Gasteiger partial charge in [0.05, 0.1) is 5.52 Å². The quantitative estimate of drug-likeness (QED) is 0.399. The summed E-state index contributed by atoms with van der Waals surface area (Å²) in [6.45, 7) is 3.36. The Balaban J connectivity index is 1.95. The SMILES string of the molecule is CCCCc1nc2c(N)[n+]([O-])c3ccccc3c2n1Cc1ccc(CN)cc1. The Bertz CT molecular complexity index is 1130. The molecule has 0 atom stereocenters. The van der Waals surface area contributed by atoms with Crippen LogP contribution < -0.4 is 16.2 Å². The van der Waals surface area contributed by atoms with Crippen molar-refractivity contribution in [3.8, 4) is 0 Å². The van der Waals surface area contributed by atoms with Crippen molar-refractivity contribution in [3.05, 3.63) is 70.7 Å². The zero-order valence-corrected chi connectivity index (χ0v) is 16.1. The zero-order chi connectivity index (χ0) is 19.7. The lowest BCUT2D eigenvalue weighted by Gasteiger charge is -2.13. The van der Waals surface area contributed by atoms with Gasteiger partial charge in [0.1, 0.15) is 11.3 Å². The number of unbranched alkanes of at least 4 members (excludes halogenated alkanes) is 1. The van der Waals surface area contributed by atoms with Gasteiger partial charge in [0, 0.05) is 24.9 Å². The smallest absolute Gasteiger partial charge is 0.304 e. The van der Waals surface area contributed by atoms with E-state index in [2.05, 4.69) is 35.8 Å². The summed E-state index contributed by atoms with van der Waals surface area (Å²) in [5, 5.41) is 13.5. The van der Waals surface area contributed by atoms with Gasteiger partial charge in [0.15, 0.2) is 5.52 Å². The molecule has 0 fully saturated rings. The van der Waals surface area contributed by atoms with Gasteiger partial charge in [-0.25, -0.2) is 9.71 Å². The summed E-state index contributed by atoms with van der Waals surface area (Å²) in [7, 11) is 0. The molecule has 0 aliphatic heterocycles. The van der Waals surface area contributed by atoms with E-state index in [0.717, 1.165) is 51.8 Å². The molecule has 0 bridgehead atoms. The molecule has 0 unspecified atom stereocenters. The van der Waals surface area contributed by atoms with Crippen LogP contribution in [0.5, 0.6) is 0 Å². The van der Waals surface area contributed by atoms with E-state index in [0.29, 0.717) is 24.1 Å². The summed E-state index contributed by atoms with van der Waals surface area (Å²) < 4.78 is 3.00. The van der Waals surface area contributed by atoms with Gasteiger partial charge in [0.25, 0.3) is 0 Å². The van der Waals surface area contributed by atoms with Crippen LogP contribution in [0.15, 0.2) is 48.5 Å². The van der Waals surface area contributed by atoms with Gasteiger partial charge in [-0.2, -0.15) is 0 Å². The summed E-state index contributed by atoms with van der Waals surface area (Å²) >= 11 is 0. The number of para-hydroxylation sites is 1. The number of benzene rings is 2. The van der Waals surface area contributed by atoms with E-state index < -0.39 is 0 Å². The van der Waals surface area contributed by atoms with Gasteiger partial charge in [-0.3, -0.25) is 5.73 Å². The Hall–Kier alpha value is -3.12. The van der Waals surface area contributed by atoms with E-state index in [1.165, 1.54) is 0 Å². The normalized spacial score (nSPS) is 11.5. The van der Waals surface area contributed by atoms with Crippen molar-refractivity contribution in [2.24, 2.45) is 5.73 Å². The van der Waals surface area contributed by atoms with E-state index in [1.807, 2.05) is 18.2 Å². The average molecular weight is 375 g/mol. The molecule has 0 saturated carbocycles. The number of aromatic nitrogens is 3. The Morgan fingerprint density at radius 2 is 1.79 bits per heavy atom. The molecule has 0 spiro atoms.